The molecule has 0 N–H and O–H groups in total. The third-order valence-electron chi connectivity index (χ3n) is 4.37. The number of carbonyl (C=O) groups excluding carboxylic acids is 1. The molecule has 1 aliphatic heterocycles. The lowest BCUT2D eigenvalue weighted by molar-refractivity contribution is -0.151. The molecule has 0 bridgehead atoms. The summed E-state index contributed by atoms with van der Waals surface area (Å²) in [4.78, 5) is 16.2. The highest BCUT2D eigenvalue weighted by Gasteiger charge is 2.42. The van der Waals surface area contributed by atoms with Crippen molar-refractivity contribution >= 4 is 16.0 Å². The lowest BCUT2D eigenvalue weighted by Crippen LogP contribution is -2.55. The molecule has 0 amide bonds. The number of benzene rings is 1. The van der Waals surface area contributed by atoms with E-state index in [2.05, 4.69) is 4.98 Å². The number of sulfonamides is 1. The second-order valence-electron chi connectivity index (χ2n) is 6.29. The number of rotatable bonds is 8. The van der Waals surface area contributed by atoms with Gasteiger partial charge in [-0.1, -0.05) is 43.8 Å². The van der Waals surface area contributed by atoms with Gasteiger partial charge in [-0.05, 0) is 36.5 Å². The summed E-state index contributed by atoms with van der Waals surface area (Å²) in [5.41, 5.74) is 1.79. The number of esters is 1. The van der Waals surface area contributed by atoms with E-state index in [1.807, 2.05) is 18.2 Å². The largest absolute Gasteiger partial charge is 0.464 e. The summed E-state index contributed by atoms with van der Waals surface area (Å²) in [6, 6.07) is 12.1. The summed E-state index contributed by atoms with van der Waals surface area (Å²) in [6.07, 6.45) is 5.45. The van der Waals surface area contributed by atoms with Crippen LogP contribution in [-0.2, 0) is 31.7 Å². The predicted octanol–water partition coefficient (Wildman–Crippen LogP) is 2.80. The zero-order chi connectivity index (χ0) is 18.4. The van der Waals surface area contributed by atoms with Gasteiger partial charge in [0, 0.05) is 18.9 Å². The first-order valence-electron chi connectivity index (χ1n) is 8.65. The monoisotopic (exact) mass is 390 g/mol. The number of carbonyl (C=O) groups is 1. The van der Waals surface area contributed by atoms with Crippen molar-refractivity contribution in [2.24, 2.45) is 0 Å². The standard InChI is InChI=1S/C19H22N2O4S.CH4/c22-19(25-13-5-9-16-8-4-11-20-14-16)18-10-12-21(18)26(23,24)15-17-6-2-1-3-7-17;/h1-4,6-8,11,14,18H,5,9-10,12-13,15H2;1H4/t18-;/m0./s1. The maximum Gasteiger partial charge on any atom is 0.324 e. The maximum absolute atomic E-state index is 12.5. The lowest BCUT2D eigenvalue weighted by Gasteiger charge is -2.37. The Hall–Kier alpha value is -2.25. The number of aromatic nitrogens is 1. The minimum atomic E-state index is -3.52. The molecule has 0 saturated carbocycles. The fraction of sp³-hybridized carbons (Fsp3) is 0.400. The summed E-state index contributed by atoms with van der Waals surface area (Å²) < 4.78 is 31.6. The molecule has 27 heavy (non-hydrogen) atoms. The van der Waals surface area contributed by atoms with Crippen molar-refractivity contribution in [3.63, 3.8) is 0 Å². The molecule has 2 heterocycles. The fourth-order valence-corrected chi connectivity index (χ4v) is 4.63. The zero-order valence-corrected chi connectivity index (χ0v) is 15.3. The molecule has 2 aromatic rings. The van der Waals surface area contributed by atoms with E-state index in [9.17, 15) is 13.2 Å². The normalized spacial score (nSPS) is 16.8. The molecule has 1 aromatic carbocycles. The molecular formula is C20H26N2O4S. The van der Waals surface area contributed by atoms with Crippen LogP contribution in [0, 0.1) is 0 Å². The van der Waals surface area contributed by atoms with E-state index in [1.54, 1.807) is 36.7 Å². The Labute approximate surface area is 161 Å². The van der Waals surface area contributed by atoms with Crippen LogP contribution >= 0.6 is 0 Å². The van der Waals surface area contributed by atoms with Gasteiger partial charge in [0.25, 0.3) is 0 Å². The van der Waals surface area contributed by atoms with Crippen molar-refractivity contribution < 1.29 is 17.9 Å². The van der Waals surface area contributed by atoms with Gasteiger partial charge in [-0.25, -0.2) is 8.42 Å². The van der Waals surface area contributed by atoms with Gasteiger partial charge in [0.2, 0.25) is 10.0 Å². The quantitative estimate of drug-likeness (QED) is 0.512. The van der Waals surface area contributed by atoms with E-state index in [1.165, 1.54) is 4.31 Å². The van der Waals surface area contributed by atoms with Crippen LogP contribution in [0.3, 0.4) is 0 Å². The van der Waals surface area contributed by atoms with Crippen LogP contribution < -0.4 is 0 Å². The van der Waals surface area contributed by atoms with Gasteiger partial charge in [0.05, 0.1) is 12.4 Å². The average Bonchev–Trinajstić information content (AvgIpc) is 2.58. The number of hydrogen-bond donors (Lipinski definition) is 0. The Morgan fingerprint density at radius 1 is 1.15 bits per heavy atom. The van der Waals surface area contributed by atoms with Crippen LogP contribution in [0.15, 0.2) is 54.9 Å². The zero-order valence-electron chi connectivity index (χ0n) is 14.5. The molecule has 7 heteroatoms. The fourth-order valence-electron chi connectivity index (χ4n) is 2.89. The highest BCUT2D eigenvalue weighted by Crippen LogP contribution is 2.25. The number of nitrogens with zero attached hydrogens (tertiary/aromatic N) is 2. The molecule has 1 aromatic heterocycles. The molecule has 3 rings (SSSR count). The first kappa shape index (κ1) is 21.1. The molecule has 1 fully saturated rings. The smallest absolute Gasteiger partial charge is 0.324 e. The van der Waals surface area contributed by atoms with Crippen molar-refractivity contribution in [2.75, 3.05) is 13.2 Å². The van der Waals surface area contributed by atoms with Gasteiger partial charge in [-0.15, -0.1) is 0 Å². The number of hydrogen-bond acceptors (Lipinski definition) is 5. The third-order valence-corrected chi connectivity index (χ3v) is 6.22. The Kier molecular flexibility index (Phi) is 7.50. The minimum absolute atomic E-state index is 0. The van der Waals surface area contributed by atoms with E-state index >= 15 is 0 Å². The van der Waals surface area contributed by atoms with Crippen LogP contribution in [0.1, 0.15) is 31.4 Å². The van der Waals surface area contributed by atoms with Crippen molar-refractivity contribution in [2.45, 2.75) is 38.5 Å². The molecule has 0 unspecified atom stereocenters. The van der Waals surface area contributed by atoms with Gasteiger partial charge in [0.15, 0.2) is 0 Å². The second-order valence-corrected chi connectivity index (χ2v) is 8.21. The summed E-state index contributed by atoms with van der Waals surface area (Å²) in [6.45, 7) is 0.640. The predicted molar refractivity (Wildman–Crippen MR) is 104 cm³/mol. The van der Waals surface area contributed by atoms with Crippen molar-refractivity contribution in [1.29, 1.82) is 0 Å². The maximum atomic E-state index is 12.5. The van der Waals surface area contributed by atoms with E-state index in [0.29, 0.717) is 24.9 Å². The van der Waals surface area contributed by atoms with Gasteiger partial charge in [-0.3, -0.25) is 9.78 Å². The van der Waals surface area contributed by atoms with Crippen molar-refractivity contribution in [3.8, 4) is 0 Å². The molecule has 0 aliphatic carbocycles. The van der Waals surface area contributed by atoms with Crippen LogP contribution in [0.25, 0.3) is 0 Å². The summed E-state index contributed by atoms with van der Waals surface area (Å²) >= 11 is 0. The van der Waals surface area contributed by atoms with Crippen LogP contribution in [0.2, 0.25) is 0 Å². The second kappa shape index (κ2) is 9.62. The molecule has 146 valence electrons. The van der Waals surface area contributed by atoms with Crippen LogP contribution in [0.4, 0.5) is 0 Å². The highest BCUT2D eigenvalue weighted by atomic mass is 32.2. The van der Waals surface area contributed by atoms with E-state index in [-0.39, 0.29) is 19.8 Å². The van der Waals surface area contributed by atoms with Gasteiger partial charge in [-0.2, -0.15) is 4.31 Å². The molecule has 1 saturated heterocycles. The van der Waals surface area contributed by atoms with Crippen LogP contribution in [-0.4, -0.2) is 42.9 Å². The van der Waals surface area contributed by atoms with Crippen molar-refractivity contribution in [3.05, 3.63) is 66.0 Å². The van der Waals surface area contributed by atoms with E-state index in [4.69, 9.17) is 4.74 Å². The van der Waals surface area contributed by atoms with Gasteiger partial charge >= 0.3 is 5.97 Å². The van der Waals surface area contributed by atoms with Crippen molar-refractivity contribution in [1.82, 2.24) is 9.29 Å². The topological polar surface area (TPSA) is 76.6 Å². The first-order valence-corrected chi connectivity index (χ1v) is 10.3. The third kappa shape index (κ3) is 5.61. The Bertz CT molecular complexity index is 826. The summed E-state index contributed by atoms with van der Waals surface area (Å²) in [5.74, 6) is -0.558. The number of aryl methyl sites for hydroxylation is 1. The van der Waals surface area contributed by atoms with Gasteiger partial charge in [0.1, 0.15) is 6.04 Å². The molecule has 1 atom stereocenters. The Balaban J connectivity index is 0.00000261. The Morgan fingerprint density at radius 3 is 2.52 bits per heavy atom. The van der Waals surface area contributed by atoms with E-state index in [0.717, 1.165) is 12.0 Å². The molecule has 0 spiro atoms. The molecular weight excluding hydrogens is 364 g/mol. The lowest BCUT2D eigenvalue weighted by atomic mass is 10.1. The Morgan fingerprint density at radius 2 is 1.89 bits per heavy atom. The minimum Gasteiger partial charge on any atom is -0.464 e. The summed E-state index contributed by atoms with van der Waals surface area (Å²) in [7, 11) is -3.52. The first-order chi connectivity index (χ1) is 12.6. The molecule has 6 nitrogen and oxygen atoms in total. The summed E-state index contributed by atoms with van der Waals surface area (Å²) in [5, 5.41) is 0. The highest BCUT2D eigenvalue weighted by molar-refractivity contribution is 7.88. The molecule has 0 radical (unpaired) electrons. The van der Waals surface area contributed by atoms with Crippen LogP contribution in [0.5, 0.6) is 0 Å². The SMILES string of the molecule is C.O=C(OCCCc1cccnc1)[C@@H]1CCN1S(=O)(=O)Cc1ccccc1. The van der Waals surface area contributed by atoms with E-state index < -0.39 is 22.0 Å². The number of pyridine rings is 1. The average molecular weight is 391 g/mol. The van der Waals surface area contributed by atoms with Gasteiger partial charge < -0.3 is 4.74 Å². The molecule has 1 aliphatic rings. The number of ether oxygens (including phenoxy) is 1.